The lowest BCUT2D eigenvalue weighted by Crippen LogP contribution is -2.41. The number of benzene rings is 1. The third kappa shape index (κ3) is 1.34. The van der Waals surface area contributed by atoms with Crippen LogP contribution in [-0.2, 0) is 11.0 Å². The molecular weight excluding hydrogens is 212 g/mol. The number of rotatable bonds is 1. The van der Waals surface area contributed by atoms with Crippen molar-refractivity contribution >= 4 is 22.7 Å². The summed E-state index contributed by atoms with van der Waals surface area (Å²) in [7, 11) is -1.33. The van der Waals surface area contributed by atoms with Gasteiger partial charge in [0.15, 0.2) is 11.0 Å². The number of amides is 2. The molecule has 1 unspecified atom stereocenters. The fraction of sp³-hybridized carbons (Fsp3) is 0.300. The van der Waals surface area contributed by atoms with Gasteiger partial charge in [-0.1, -0.05) is 12.1 Å². The van der Waals surface area contributed by atoms with Crippen molar-refractivity contribution in [1.29, 1.82) is 0 Å². The Morgan fingerprint density at radius 2 is 2.07 bits per heavy atom. The van der Waals surface area contributed by atoms with E-state index in [4.69, 9.17) is 0 Å². The summed E-state index contributed by atoms with van der Waals surface area (Å²) in [6, 6.07) is 7.15. The first kappa shape index (κ1) is 8.91. The van der Waals surface area contributed by atoms with Crippen LogP contribution in [0.1, 0.15) is 12.8 Å². The minimum atomic E-state index is -1.33. The molecule has 2 amide bonds. The van der Waals surface area contributed by atoms with E-state index < -0.39 is 11.0 Å². The van der Waals surface area contributed by atoms with Crippen molar-refractivity contribution < 1.29 is 9.00 Å². The topological polar surface area (TPSA) is 49.4 Å². The van der Waals surface area contributed by atoms with E-state index in [9.17, 15) is 9.00 Å². The Kier molecular flexibility index (Phi) is 1.82. The van der Waals surface area contributed by atoms with Crippen molar-refractivity contribution in [1.82, 2.24) is 4.31 Å². The fourth-order valence-electron chi connectivity index (χ4n) is 1.68. The standard InChI is InChI=1S/C10H10N2O2S/c13-10-11-8-3-1-2-4-9(8)15(14)12(10)7-5-6-7/h1-4,7H,5-6H2,(H,11,13). The molecule has 0 radical (unpaired) electrons. The van der Waals surface area contributed by atoms with Gasteiger partial charge >= 0.3 is 6.03 Å². The molecule has 1 fully saturated rings. The third-order valence-electron chi connectivity index (χ3n) is 2.57. The van der Waals surface area contributed by atoms with Gasteiger partial charge in [0.2, 0.25) is 0 Å². The summed E-state index contributed by atoms with van der Waals surface area (Å²) in [6.45, 7) is 0. The van der Waals surface area contributed by atoms with E-state index >= 15 is 0 Å². The molecule has 1 saturated carbocycles. The minimum Gasteiger partial charge on any atom is -0.306 e. The largest absolute Gasteiger partial charge is 0.334 e. The monoisotopic (exact) mass is 222 g/mol. The van der Waals surface area contributed by atoms with E-state index in [1.165, 1.54) is 4.31 Å². The van der Waals surface area contributed by atoms with Crippen LogP contribution in [0.2, 0.25) is 0 Å². The zero-order chi connectivity index (χ0) is 10.4. The second-order valence-electron chi connectivity index (χ2n) is 3.73. The van der Waals surface area contributed by atoms with Crippen LogP contribution in [0.15, 0.2) is 29.2 Å². The van der Waals surface area contributed by atoms with Crippen LogP contribution in [0, 0.1) is 0 Å². The maximum absolute atomic E-state index is 12.1. The minimum absolute atomic E-state index is 0.166. The number of carbonyl (C=O) groups excluding carboxylic acids is 1. The van der Waals surface area contributed by atoms with Crippen molar-refractivity contribution in [2.75, 3.05) is 5.32 Å². The van der Waals surface area contributed by atoms with E-state index in [-0.39, 0.29) is 12.1 Å². The molecule has 1 N–H and O–H groups in total. The zero-order valence-electron chi connectivity index (χ0n) is 7.97. The van der Waals surface area contributed by atoms with Crippen molar-refractivity contribution in [3.8, 4) is 0 Å². The average molecular weight is 222 g/mol. The molecule has 1 aromatic carbocycles. The maximum atomic E-state index is 12.1. The number of fused-ring (bicyclic) bond motifs is 1. The zero-order valence-corrected chi connectivity index (χ0v) is 8.79. The van der Waals surface area contributed by atoms with Gasteiger partial charge in [0, 0.05) is 6.04 Å². The van der Waals surface area contributed by atoms with Crippen LogP contribution in [-0.4, -0.2) is 20.6 Å². The Bertz CT molecular complexity index is 456. The molecule has 1 aliphatic heterocycles. The van der Waals surface area contributed by atoms with Crippen LogP contribution in [0.25, 0.3) is 0 Å². The van der Waals surface area contributed by atoms with Gasteiger partial charge in [0.05, 0.1) is 10.6 Å². The summed E-state index contributed by atoms with van der Waals surface area (Å²) in [5.74, 6) is 0. The molecule has 2 aliphatic rings. The van der Waals surface area contributed by atoms with Crippen LogP contribution in [0.3, 0.4) is 0 Å². The van der Waals surface area contributed by atoms with E-state index in [2.05, 4.69) is 5.32 Å². The number of para-hydroxylation sites is 1. The predicted octanol–water partition coefficient (Wildman–Crippen LogP) is 1.72. The molecule has 1 atom stereocenters. The summed E-state index contributed by atoms with van der Waals surface area (Å²) in [5, 5.41) is 2.76. The van der Waals surface area contributed by atoms with Crippen molar-refractivity contribution in [2.45, 2.75) is 23.8 Å². The first-order valence-electron chi connectivity index (χ1n) is 4.88. The summed E-state index contributed by atoms with van der Waals surface area (Å²) >= 11 is 0. The smallest absolute Gasteiger partial charge is 0.306 e. The quantitative estimate of drug-likeness (QED) is 0.786. The molecule has 0 bridgehead atoms. The SMILES string of the molecule is O=C1Nc2ccccc2S(=O)N1C1CC1. The molecule has 1 heterocycles. The molecule has 1 aliphatic carbocycles. The predicted molar refractivity (Wildman–Crippen MR) is 56.7 cm³/mol. The number of carbonyl (C=O) groups is 1. The normalized spacial score (nSPS) is 24.7. The van der Waals surface area contributed by atoms with Gasteiger partial charge in [0.1, 0.15) is 0 Å². The van der Waals surface area contributed by atoms with Gasteiger partial charge in [-0.05, 0) is 25.0 Å². The van der Waals surface area contributed by atoms with Gasteiger partial charge in [-0.15, -0.1) is 0 Å². The fourth-order valence-corrected chi connectivity index (χ4v) is 3.08. The number of hydrogen-bond donors (Lipinski definition) is 1. The highest BCUT2D eigenvalue weighted by molar-refractivity contribution is 7.83. The highest BCUT2D eigenvalue weighted by Gasteiger charge is 2.40. The Hall–Kier alpha value is -1.36. The molecule has 4 nitrogen and oxygen atoms in total. The number of hydrogen-bond acceptors (Lipinski definition) is 2. The van der Waals surface area contributed by atoms with Crippen LogP contribution in [0.5, 0.6) is 0 Å². The van der Waals surface area contributed by atoms with Crippen LogP contribution >= 0.6 is 0 Å². The first-order valence-corrected chi connectivity index (χ1v) is 5.99. The summed E-state index contributed by atoms with van der Waals surface area (Å²) < 4.78 is 13.5. The molecule has 0 aromatic heterocycles. The van der Waals surface area contributed by atoms with E-state index in [1.54, 1.807) is 12.1 Å². The van der Waals surface area contributed by atoms with Crippen molar-refractivity contribution in [2.24, 2.45) is 0 Å². The van der Waals surface area contributed by atoms with Gasteiger partial charge in [-0.2, -0.15) is 0 Å². The summed E-state index contributed by atoms with van der Waals surface area (Å²) in [6.07, 6.45) is 1.92. The van der Waals surface area contributed by atoms with E-state index in [1.807, 2.05) is 12.1 Å². The Balaban J connectivity index is 2.06. The van der Waals surface area contributed by atoms with Gasteiger partial charge in [0.25, 0.3) is 0 Å². The van der Waals surface area contributed by atoms with Crippen LogP contribution in [0.4, 0.5) is 10.5 Å². The van der Waals surface area contributed by atoms with Gasteiger partial charge in [-0.25, -0.2) is 13.3 Å². The highest BCUT2D eigenvalue weighted by atomic mass is 32.2. The summed E-state index contributed by atoms with van der Waals surface area (Å²) in [4.78, 5) is 12.4. The second kappa shape index (κ2) is 3.06. The molecule has 0 spiro atoms. The van der Waals surface area contributed by atoms with Crippen LogP contribution < -0.4 is 5.32 Å². The van der Waals surface area contributed by atoms with Gasteiger partial charge < -0.3 is 5.32 Å². The molecule has 15 heavy (non-hydrogen) atoms. The maximum Gasteiger partial charge on any atom is 0.334 e. The highest BCUT2D eigenvalue weighted by Crippen LogP contribution is 2.35. The lowest BCUT2D eigenvalue weighted by Gasteiger charge is -2.27. The number of nitrogens with zero attached hydrogens (tertiary/aromatic N) is 1. The lowest BCUT2D eigenvalue weighted by atomic mass is 10.3. The summed E-state index contributed by atoms with van der Waals surface area (Å²) in [5.41, 5.74) is 0.665. The van der Waals surface area contributed by atoms with E-state index in [0.29, 0.717) is 10.6 Å². The Morgan fingerprint density at radius 3 is 2.80 bits per heavy atom. The Morgan fingerprint density at radius 1 is 1.33 bits per heavy atom. The van der Waals surface area contributed by atoms with Gasteiger partial charge in [-0.3, -0.25) is 0 Å². The average Bonchev–Trinajstić information content (AvgIpc) is 3.02. The lowest BCUT2D eigenvalue weighted by molar-refractivity contribution is 0.235. The first-order chi connectivity index (χ1) is 7.27. The molecule has 0 saturated heterocycles. The molecule has 1 aromatic rings. The van der Waals surface area contributed by atoms with Crippen molar-refractivity contribution in [3.05, 3.63) is 24.3 Å². The van der Waals surface area contributed by atoms with Crippen molar-refractivity contribution in [3.63, 3.8) is 0 Å². The van der Waals surface area contributed by atoms with E-state index in [0.717, 1.165) is 12.8 Å². The molecule has 3 rings (SSSR count). The number of urea groups is 1. The molecule has 78 valence electrons. The number of anilines is 1. The Labute approximate surface area is 89.9 Å². The molecular formula is C10H10N2O2S. The third-order valence-corrected chi connectivity index (χ3v) is 4.13. The number of nitrogens with one attached hydrogen (secondary N) is 1. The molecule has 5 heteroatoms. The second-order valence-corrected chi connectivity index (χ2v) is 5.06.